The molecule has 0 aromatic carbocycles. The monoisotopic (exact) mass is 159 g/mol. The molecule has 2 aromatic heterocycles. The second-order valence-electron chi connectivity index (χ2n) is 3.24. The van der Waals surface area contributed by atoms with Gasteiger partial charge in [0.1, 0.15) is 0 Å². The van der Waals surface area contributed by atoms with Gasteiger partial charge in [-0.15, -0.1) is 0 Å². The van der Waals surface area contributed by atoms with E-state index >= 15 is 0 Å². The van der Waals surface area contributed by atoms with Crippen molar-refractivity contribution in [2.75, 3.05) is 0 Å². The van der Waals surface area contributed by atoms with Crippen LogP contribution in [-0.4, -0.2) is 15.2 Å². The fraction of sp³-hybridized carbons (Fsp3) is 0.333. The van der Waals surface area contributed by atoms with Crippen molar-refractivity contribution in [1.82, 2.24) is 15.2 Å². The highest BCUT2D eigenvalue weighted by atomic mass is 15.1. The number of hydrogen-bond acceptors (Lipinski definition) is 2. The zero-order chi connectivity index (χ0) is 7.97. The lowest BCUT2D eigenvalue weighted by Gasteiger charge is -1.97. The molecule has 0 spiro atoms. The summed E-state index contributed by atoms with van der Waals surface area (Å²) in [7, 11) is 0. The van der Waals surface area contributed by atoms with Gasteiger partial charge in [-0.25, -0.2) is 0 Å². The molecule has 0 amide bonds. The summed E-state index contributed by atoms with van der Waals surface area (Å²) < 4.78 is 0. The lowest BCUT2D eigenvalue weighted by molar-refractivity contribution is 0.899. The van der Waals surface area contributed by atoms with Gasteiger partial charge in [0.05, 0.1) is 11.7 Å². The Morgan fingerprint density at radius 3 is 3.25 bits per heavy atom. The second kappa shape index (κ2) is 2.06. The second-order valence-corrected chi connectivity index (χ2v) is 3.24. The van der Waals surface area contributed by atoms with Gasteiger partial charge >= 0.3 is 0 Å². The molecule has 2 heterocycles. The van der Waals surface area contributed by atoms with Crippen LogP contribution in [0.1, 0.15) is 17.7 Å². The topological polar surface area (TPSA) is 41.6 Å². The molecule has 0 aliphatic heterocycles. The Balaban J connectivity index is 2.46. The number of H-pyrrole nitrogens is 1. The molecule has 0 fully saturated rings. The molecule has 3 rings (SSSR count). The van der Waals surface area contributed by atoms with E-state index < -0.39 is 0 Å². The molecular weight excluding hydrogens is 150 g/mol. The number of aromatic amines is 1. The third kappa shape index (κ3) is 0.656. The maximum atomic E-state index is 4.40. The standard InChI is InChI=1S/C9H9N3/c1-2-7-8(3-1)10-4-6-5-11-12-9(6)7/h4-5H,1-3H2,(H,11,12). The number of nitrogens with one attached hydrogen (secondary N) is 1. The first kappa shape index (κ1) is 6.17. The maximum Gasteiger partial charge on any atom is 0.0715 e. The molecule has 0 radical (unpaired) electrons. The molecule has 1 aliphatic rings. The lowest BCUT2D eigenvalue weighted by atomic mass is 10.2. The van der Waals surface area contributed by atoms with Gasteiger partial charge in [0.15, 0.2) is 0 Å². The van der Waals surface area contributed by atoms with E-state index in [0.29, 0.717) is 0 Å². The van der Waals surface area contributed by atoms with Crippen molar-refractivity contribution < 1.29 is 0 Å². The quantitative estimate of drug-likeness (QED) is 0.632. The summed E-state index contributed by atoms with van der Waals surface area (Å²) in [5.74, 6) is 0. The summed E-state index contributed by atoms with van der Waals surface area (Å²) in [6, 6.07) is 0. The molecule has 3 heteroatoms. The Hall–Kier alpha value is -1.38. The minimum atomic E-state index is 1.13. The first-order chi connectivity index (χ1) is 5.95. The number of hydrogen-bond donors (Lipinski definition) is 1. The molecule has 0 saturated carbocycles. The predicted octanol–water partition coefficient (Wildman–Crippen LogP) is 1.45. The fourth-order valence-corrected chi connectivity index (χ4v) is 1.92. The van der Waals surface area contributed by atoms with Gasteiger partial charge in [-0.1, -0.05) is 0 Å². The third-order valence-electron chi connectivity index (χ3n) is 2.52. The smallest absolute Gasteiger partial charge is 0.0715 e. The van der Waals surface area contributed by atoms with Crippen LogP contribution in [0.3, 0.4) is 0 Å². The van der Waals surface area contributed by atoms with E-state index in [2.05, 4.69) is 15.2 Å². The molecule has 12 heavy (non-hydrogen) atoms. The van der Waals surface area contributed by atoms with Crippen molar-refractivity contribution >= 4 is 10.9 Å². The van der Waals surface area contributed by atoms with Crippen LogP contribution >= 0.6 is 0 Å². The number of fused-ring (bicyclic) bond motifs is 3. The normalized spacial score (nSPS) is 15.3. The van der Waals surface area contributed by atoms with E-state index in [0.717, 1.165) is 18.2 Å². The van der Waals surface area contributed by atoms with Crippen LogP contribution in [0.15, 0.2) is 12.4 Å². The van der Waals surface area contributed by atoms with Crippen molar-refractivity contribution in [3.63, 3.8) is 0 Å². The van der Waals surface area contributed by atoms with Crippen LogP contribution in [0.2, 0.25) is 0 Å². The van der Waals surface area contributed by atoms with Crippen LogP contribution in [0.25, 0.3) is 10.9 Å². The van der Waals surface area contributed by atoms with E-state index in [1.165, 1.54) is 23.2 Å². The minimum Gasteiger partial charge on any atom is -0.277 e. The van der Waals surface area contributed by atoms with Crippen LogP contribution in [0, 0.1) is 0 Å². The van der Waals surface area contributed by atoms with E-state index in [9.17, 15) is 0 Å². The number of nitrogens with zero attached hydrogens (tertiary/aromatic N) is 2. The molecule has 0 atom stereocenters. The Labute approximate surface area is 69.8 Å². The highest BCUT2D eigenvalue weighted by Crippen LogP contribution is 2.25. The largest absolute Gasteiger partial charge is 0.277 e. The molecule has 0 unspecified atom stereocenters. The first-order valence-electron chi connectivity index (χ1n) is 4.25. The maximum absolute atomic E-state index is 4.40. The van der Waals surface area contributed by atoms with Crippen molar-refractivity contribution in [3.05, 3.63) is 23.7 Å². The zero-order valence-electron chi connectivity index (χ0n) is 6.67. The average Bonchev–Trinajstić information content (AvgIpc) is 2.71. The van der Waals surface area contributed by atoms with E-state index in [-0.39, 0.29) is 0 Å². The summed E-state index contributed by atoms with van der Waals surface area (Å²) >= 11 is 0. The Morgan fingerprint density at radius 1 is 1.25 bits per heavy atom. The van der Waals surface area contributed by atoms with E-state index in [1.54, 1.807) is 0 Å². The summed E-state index contributed by atoms with van der Waals surface area (Å²) in [4.78, 5) is 4.40. The average molecular weight is 159 g/mol. The molecule has 60 valence electrons. The van der Waals surface area contributed by atoms with Gasteiger partial charge in [-0.05, 0) is 24.8 Å². The molecule has 2 aromatic rings. The molecule has 0 saturated heterocycles. The van der Waals surface area contributed by atoms with Crippen LogP contribution in [0.4, 0.5) is 0 Å². The molecule has 1 N–H and O–H groups in total. The highest BCUT2D eigenvalue weighted by Gasteiger charge is 2.15. The Kier molecular flexibility index (Phi) is 1.06. The summed E-state index contributed by atoms with van der Waals surface area (Å²) in [5.41, 5.74) is 3.83. The van der Waals surface area contributed by atoms with Gasteiger partial charge < -0.3 is 0 Å². The van der Waals surface area contributed by atoms with Gasteiger partial charge in [0, 0.05) is 17.3 Å². The lowest BCUT2D eigenvalue weighted by Crippen LogP contribution is -1.88. The van der Waals surface area contributed by atoms with Crippen molar-refractivity contribution in [2.24, 2.45) is 0 Å². The predicted molar refractivity (Wildman–Crippen MR) is 45.9 cm³/mol. The first-order valence-corrected chi connectivity index (χ1v) is 4.25. The minimum absolute atomic E-state index is 1.13. The van der Waals surface area contributed by atoms with Crippen molar-refractivity contribution in [2.45, 2.75) is 19.3 Å². The van der Waals surface area contributed by atoms with Crippen LogP contribution in [-0.2, 0) is 12.8 Å². The third-order valence-corrected chi connectivity index (χ3v) is 2.52. The van der Waals surface area contributed by atoms with Crippen molar-refractivity contribution in [1.29, 1.82) is 0 Å². The zero-order valence-corrected chi connectivity index (χ0v) is 6.67. The SMILES string of the molecule is c1n[nH]c2c3c(ncc12)CCC3. The Bertz CT molecular complexity index is 430. The number of aryl methyl sites for hydroxylation is 2. The molecular formula is C9H9N3. The highest BCUT2D eigenvalue weighted by molar-refractivity contribution is 5.81. The fourth-order valence-electron chi connectivity index (χ4n) is 1.92. The van der Waals surface area contributed by atoms with E-state index in [1.807, 2.05) is 12.4 Å². The summed E-state index contributed by atoms with van der Waals surface area (Å²) in [6.07, 6.45) is 7.26. The number of pyridine rings is 1. The summed E-state index contributed by atoms with van der Waals surface area (Å²) in [5, 5.41) is 8.18. The molecule has 3 nitrogen and oxygen atoms in total. The Morgan fingerprint density at radius 2 is 2.25 bits per heavy atom. The molecule has 1 aliphatic carbocycles. The van der Waals surface area contributed by atoms with Gasteiger partial charge in [-0.3, -0.25) is 10.1 Å². The number of rotatable bonds is 0. The van der Waals surface area contributed by atoms with Gasteiger partial charge in [0.25, 0.3) is 0 Å². The van der Waals surface area contributed by atoms with Gasteiger partial charge in [-0.2, -0.15) is 5.10 Å². The van der Waals surface area contributed by atoms with Crippen molar-refractivity contribution in [3.8, 4) is 0 Å². The molecule has 0 bridgehead atoms. The van der Waals surface area contributed by atoms with Crippen LogP contribution < -0.4 is 0 Å². The van der Waals surface area contributed by atoms with E-state index in [4.69, 9.17) is 0 Å². The number of aromatic nitrogens is 3. The van der Waals surface area contributed by atoms with Gasteiger partial charge in [0.2, 0.25) is 0 Å². The summed E-state index contributed by atoms with van der Waals surface area (Å²) in [6.45, 7) is 0. The van der Waals surface area contributed by atoms with Crippen LogP contribution in [0.5, 0.6) is 0 Å².